The van der Waals surface area contributed by atoms with Gasteiger partial charge in [-0.05, 0) is 36.8 Å². The molecule has 2 aromatic heterocycles. The third kappa shape index (κ3) is 5.80. The van der Waals surface area contributed by atoms with Crippen LogP contribution in [0.25, 0.3) is 10.2 Å². The maximum atomic E-state index is 13.2. The summed E-state index contributed by atoms with van der Waals surface area (Å²) >= 11 is 1.35. The second-order valence-corrected chi connectivity index (χ2v) is 10.6. The third-order valence-corrected chi connectivity index (χ3v) is 7.60. The largest absolute Gasteiger partial charge is 0.492 e. The van der Waals surface area contributed by atoms with Gasteiger partial charge in [-0.1, -0.05) is 47.7 Å². The van der Waals surface area contributed by atoms with Crippen molar-refractivity contribution in [3.05, 3.63) is 78.3 Å². The Bertz CT molecular complexity index is 1320. The fourth-order valence-electron chi connectivity index (χ4n) is 3.40. The Labute approximate surface area is 196 Å². The molecule has 0 N–H and O–H groups in total. The van der Waals surface area contributed by atoms with Gasteiger partial charge in [0.1, 0.15) is 17.0 Å². The van der Waals surface area contributed by atoms with Crippen LogP contribution in [0.3, 0.4) is 0 Å². The van der Waals surface area contributed by atoms with E-state index in [1.807, 2.05) is 31.2 Å². The summed E-state index contributed by atoms with van der Waals surface area (Å²) < 4.78 is 37.2. The molecule has 4 rings (SSSR count). The van der Waals surface area contributed by atoms with E-state index in [4.69, 9.17) is 9.15 Å². The van der Waals surface area contributed by atoms with Gasteiger partial charge in [0, 0.05) is 6.42 Å². The monoisotopic (exact) mass is 484 g/mol. The standard InChI is InChI=1S/C24H24N2O5S2/c1-2-30-20-11-6-12-21-23(20)25-24(32-21)26(16-19-10-7-14-31-19)22(27)13-15-33(28,29)17-18-8-4-3-5-9-18/h3-12,14H,2,13,15-17H2,1H3. The highest BCUT2D eigenvalue weighted by Crippen LogP contribution is 2.35. The van der Waals surface area contributed by atoms with Gasteiger partial charge >= 0.3 is 0 Å². The molecule has 0 unspecified atom stereocenters. The normalized spacial score (nSPS) is 11.5. The lowest BCUT2D eigenvalue weighted by molar-refractivity contribution is -0.118. The van der Waals surface area contributed by atoms with Crippen molar-refractivity contribution in [3.63, 3.8) is 0 Å². The van der Waals surface area contributed by atoms with Crippen molar-refractivity contribution in [2.24, 2.45) is 0 Å². The SMILES string of the molecule is CCOc1cccc2sc(N(Cc3ccco3)C(=O)CCS(=O)(=O)Cc3ccccc3)nc12. The molecular weight excluding hydrogens is 460 g/mol. The van der Waals surface area contributed by atoms with Crippen LogP contribution < -0.4 is 9.64 Å². The fourth-order valence-corrected chi connectivity index (χ4v) is 5.73. The predicted molar refractivity (Wildman–Crippen MR) is 129 cm³/mol. The quantitative estimate of drug-likeness (QED) is 0.320. The molecule has 0 atom stereocenters. The topological polar surface area (TPSA) is 89.7 Å². The number of furan rings is 1. The lowest BCUT2D eigenvalue weighted by Crippen LogP contribution is -2.31. The molecule has 0 aliphatic heterocycles. The van der Waals surface area contributed by atoms with Crippen LogP contribution in [-0.2, 0) is 26.9 Å². The highest BCUT2D eigenvalue weighted by molar-refractivity contribution is 7.90. The van der Waals surface area contributed by atoms with Crippen LogP contribution in [0.15, 0.2) is 71.3 Å². The summed E-state index contributed by atoms with van der Waals surface area (Å²) in [4.78, 5) is 19.3. The summed E-state index contributed by atoms with van der Waals surface area (Å²) in [6.07, 6.45) is 1.39. The summed E-state index contributed by atoms with van der Waals surface area (Å²) in [7, 11) is -3.45. The lowest BCUT2D eigenvalue weighted by Gasteiger charge is -2.18. The molecule has 0 aliphatic rings. The molecule has 0 spiro atoms. The first-order valence-electron chi connectivity index (χ1n) is 10.5. The first-order valence-corrected chi connectivity index (χ1v) is 13.2. The van der Waals surface area contributed by atoms with E-state index in [1.54, 1.807) is 36.4 Å². The number of para-hydroxylation sites is 1. The molecule has 4 aromatic rings. The molecule has 7 nitrogen and oxygen atoms in total. The number of hydrogen-bond donors (Lipinski definition) is 0. The molecule has 0 radical (unpaired) electrons. The Hall–Kier alpha value is -3.17. The minimum absolute atomic E-state index is 0.0990. The van der Waals surface area contributed by atoms with Gasteiger partial charge in [0.25, 0.3) is 0 Å². The van der Waals surface area contributed by atoms with Gasteiger partial charge in [0.05, 0.1) is 35.6 Å². The average molecular weight is 485 g/mol. The van der Waals surface area contributed by atoms with E-state index in [9.17, 15) is 13.2 Å². The smallest absolute Gasteiger partial charge is 0.230 e. The first kappa shape index (κ1) is 23.0. The summed E-state index contributed by atoms with van der Waals surface area (Å²) in [6, 6.07) is 18.1. The number of sulfone groups is 1. The summed E-state index contributed by atoms with van der Waals surface area (Å²) in [5.41, 5.74) is 1.38. The molecular formula is C24H24N2O5S2. The molecule has 1 amide bonds. The van der Waals surface area contributed by atoms with Crippen LogP contribution in [-0.4, -0.2) is 31.7 Å². The van der Waals surface area contributed by atoms with E-state index < -0.39 is 9.84 Å². The van der Waals surface area contributed by atoms with E-state index in [-0.39, 0.29) is 30.4 Å². The Balaban J connectivity index is 1.56. The number of thiazole rings is 1. The highest BCUT2D eigenvalue weighted by Gasteiger charge is 2.24. The molecule has 0 bridgehead atoms. The number of anilines is 1. The van der Waals surface area contributed by atoms with Gasteiger partial charge in [0.15, 0.2) is 15.0 Å². The maximum absolute atomic E-state index is 13.2. The first-order chi connectivity index (χ1) is 15.9. The van der Waals surface area contributed by atoms with E-state index in [2.05, 4.69) is 4.98 Å². The van der Waals surface area contributed by atoms with Gasteiger partial charge in [-0.3, -0.25) is 9.69 Å². The van der Waals surface area contributed by atoms with Crippen LogP contribution in [0.4, 0.5) is 5.13 Å². The van der Waals surface area contributed by atoms with E-state index in [1.165, 1.54) is 22.5 Å². The van der Waals surface area contributed by atoms with Gasteiger partial charge in [-0.15, -0.1) is 0 Å². The Morgan fingerprint density at radius 1 is 1.09 bits per heavy atom. The zero-order valence-corrected chi connectivity index (χ0v) is 19.8. The molecule has 9 heteroatoms. The number of aromatic nitrogens is 1. The lowest BCUT2D eigenvalue weighted by atomic mass is 10.2. The van der Waals surface area contributed by atoms with Crippen LogP contribution in [0.1, 0.15) is 24.7 Å². The van der Waals surface area contributed by atoms with Crippen molar-refractivity contribution in [3.8, 4) is 5.75 Å². The van der Waals surface area contributed by atoms with Crippen molar-refractivity contribution < 1.29 is 22.4 Å². The van der Waals surface area contributed by atoms with E-state index in [0.717, 1.165) is 4.70 Å². The Morgan fingerprint density at radius 3 is 2.64 bits per heavy atom. The van der Waals surface area contributed by atoms with E-state index >= 15 is 0 Å². The molecule has 33 heavy (non-hydrogen) atoms. The van der Waals surface area contributed by atoms with Gasteiger partial charge in [-0.25, -0.2) is 13.4 Å². The van der Waals surface area contributed by atoms with Crippen molar-refractivity contribution in [1.82, 2.24) is 4.98 Å². The Morgan fingerprint density at radius 2 is 1.91 bits per heavy atom. The predicted octanol–water partition coefficient (Wildman–Crippen LogP) is 4.83. The van der Waals surface area contributed by atoms with Gasteiger partial charge < -0.3 is 9.15 Å². The number of nitrogens with zero attached hydrogens (tertiary/aromatic N) is 2. The van der Waals surface area contributed by atoms with Crippen LogP contribution in [0.2, 0.25) is 0 Å². The summed E-state index contributed by atoms with van der Waals surface area (Å²) in [5, 5.41) is 0.471. The Kier molecular flexibility index (Phi) is 7.10. The number of benzene rings is 2. The van der Waals surface area contributed by atoms with Crippen LogP contribution >= 0.6 is 11.3 Å². The zero-order valence-electron chi connectivity index (χ0n) is 18.1. The maximum Gasteiger partial charge on any atom is 0.230 e. The number of ether oxygens (including phenoxy) is 1. The van der Waals surface area contributed by atoms with Crippen LogP contribution in [0, 0.1) is 0 Å². The molecule has 2 aromatic carbocycles. The minimum atomic E-state index is -3.45. The fraction of sp³-hybridized carbons (Fsp3) is 0.250. The number of rotatable bonds is 10. The third-order valence-electron chi connectivity index (χ3n) is 4.95. The number of hydrogen-bond acceptors (Lipinski definition) is 7. The molecule has 0 aliphatic carbocycles. The molecule has 0 saturated carbocycles. The van der Waals surface area contributed by atoms with Crippen molar-refractivity contribution >= 4 is 42.4 Å². The minimum Gasteiger partial charge on any atom is -0.492 e. The molecule has 172 valence electrons. The molecule has 0 saturated heterocycles. The average Bonchev–Trinajstić information content (AvgIpc) is 3.47. The highest BCUT2D eigenvalue weighted by atomic mass is 32.2. The number of carbonyl (C=O) groups is 1. The second kappa shape index (κ2) is 10.2. The van der Waals surface area contributed by atoms with Crippen molar-refractivity contribution in [2.75, 3.05) is 17.3 Å². The van der Waals surface area contributed by atoms with Gasteiger partial charge in [-0.2, -0.15) is 0 Å². The molecule has 2 heterocycles. The second-order valence-electron chi connectivity index (χ2n) is 7.42. The summed E-state index contributed by atoms with van der Waals surface area (Å²) in [6.45, 7) is 2.56. The van der Waals surface area contributed by atoms with Crippen molar-refractivity contribution in [2.45, 2.75) is 25.6 Å². The number of carbonyl (C=O) groups excluding carboxylic acids is 1. The van der Waals surface area contributed by atoms with Gasteiger partial charge in [0.2, 0.25) is 5.91 Å². The van der Waals surface area contributed by atoms with E-state index in [0.29, 0.717) is 34.3 Å². The van der Waals surface area contributed by atoms with Crippen molar-refractivity contribution in [1.29, 1.82) is 0 Å². The number of amides is 1. The molecule has 0 fully saturated rings. The summed E-state index contributed by atoms with van der Waals surface area (Å²) in [5.74, 6) is 0.552. The van der Waals surface area contributed by atoms with Crippen LogP contribution in [0.5, 0.6) is 5.75 Å². The number of fused-ring (bicyclic) bond motifs is 1. The zero-order chi connectivity index (χ0) is 23.3.